The maximum atomic E-state index is 11.6. The van der Waals surface area contributed by atoms with Gasteiger partial charge >= 0.3 is 0 Å². The second-order valence-corrected chi connectivity index (χ2v) is 5.65. The Morgan fingerprint density at radius 1 is 1.29 bits per heavy atom. The van der Waals surface area contributed by atoms with E-state index in [1.54, 1.807) is 0 Å². The molecule has 0 bridgehead atoms. The lowest BCUT2D eigenvalue weighted by atomic mass is 10.1. The molecule has 0 fully saturated rings. The lowest BCUT2D eigenvalue weighted by Gasteiger charge is -2.18. The molecule has 0 aromatic heterocycles. The summed E-state index contributed by atoms with van der Waals surface area (Å²) < 4.78 is 5.40. The summed E-state index contributed by atoms with van der Waals surface area (Å²) >= 11 is 0. The molecule has 1 rings (SSSR count). The van der Waals surface area contributed by atoms with Crippen LogP contribution in [0.3, 0.4) is 0 Å². The van der Waals surface area contributed by atoms with Gasteiger partial charge in [0, 0.05) is 18.5 Å². The van der Waals surface area contributed by atoms with Crippen LogP contribution in [0.2, 0.25) is 0 Å². The normalized spacial score (nSPS) is 10.7. The Morgan fingerprint density at radius 2 is 1.95 bits per heavy atom. The van der Waals surface area contributed by atoms with E-state index in [4.69, 9.17) is 9.84 Å². The third kappa shape index (κ3) is 8.13. The number of nitrogens with one attached hydrogen (secondary N) is 1. The van der Waals surface area contributed by atoms with Crippen LogP contribution in [0, 0.1) is 11.8 Å². The van der Waals surface area contributed by atoms with Crippen LogP contribution in [0.15, 0.2) is 24.3 Å². The molecule has 0 aliphatic rings. The maximum absolute atomic E-state index is 11.6. The van der Waals surface area contributed by atoms with Crippen LogP contribution in [0.25, 0.3) is 0 Å². The molecule has 1 amide bonds. The quantitative estimate of drug-likeness (QED) is 0.813. The number of rotatable bonds is 5. The van der Waals surface area contributed by atoms with Gasteiger partial charge in [-0.1, -0.05) is 24.0 Å². The molecular formula is C17H23NO3. The Labute approximate surface area is 126 Å². The first-order valence-electron chi connectivity index (χ1n) is 7.00. The number of carbonyl (C=O) groups excluding carboxylic acids is 1. The van der Waals surface area contributed by atoms with E-state index < -0.39 is 0 Å². The summed E-state index contributed by atoms with van der Waals surface area (Å²) in [5.74, 6) is 5.69. The molecule has 114 valence electrons. The molecule has 0 radical (unpaired) electrons. The summed E-state index contributed by atoms with van der Waals surface area (Å²) in [5.41, 5.74) is 1.59. The monoisotopic (exact) mass is 289 g/mol. The molecule has 21 heavy (non-hydrogen) atoms. The molecule has 0 aliphatic heterocycles. The number of aliphatic hydroxyl groups is 1. The van der Waals surface area contributed by atoms with Crippen LogP contribution >= 0.6 is 0 Å². The molecule has 4 nitrogen and oxygen atoms in total. The summed E-state index contributed by atoms with van der Waals surface area (Å²) in [7, 11) is 0. The fourth-order valence-electron chi connectivity index (χ4n) is 1.46. The molecule has 0 aliphatic carbocycles. The van der Waals surface area contributed by atoms with E-state index in [2.05, 4.69) is 17.2 Å². The average molecular weight is 289 g/mol. The predicted octanol–water partition coefficient (Wildman–Crippen LogP) is 1.85. The molecule has 0 unspecified atom stereocenters. The first-order valence-corrected chi connectivity index (χ1v) is 7.00. The van der Waals surface area contributed by atoms with Crippen molar-refractivity contribution in [3.63, 3.8) is 0 Å². The van der Waals surface area contributed by atoms with E-state index in [-0.39, 0.29) is 24.7 Å². The number of benzene rings is 1. The average Bonchev–Trinajstić information content (AvgIpc) is 2.44. The van der Waals surface area contributed by atoms with E-state index in [0.29, 0.717) is 13.0 Å². The fraction of sp³-hybridized carbons (Fsp3) is 0.471. The molecule has 0 saturated heterocycles. The summed E-state index contributed by atoms with van der Waals surface area (Å²) in [6, 6.07) is 7.65. The van der Waals surface area contributed by atoms with Crippen LogP contribution in [0.5, 0.6) is 0 Å². The highest BCUT2D eigenvalue weighted by Crippen LogP contribution is 2.06. The number of carbonyl (C=O) groups is 1. The molecular weight excluding hydrogens is 266 g/mol. The van der Waals surface area contributed by atoms with Crippen LogP contribution in [0.1, 0.15) is 38.3 Å². The van der Waals surface area contributed by atoms with Gasteiger partial charge in [0.2, 0.25) is 5.91 Å². The number of amides is 1. The second kappa shape index (κ2) is 8.46. The zero-order valence-corrected chi connectivity index (χ0v) is 12.9. The standard InChI is InChI=1S/C17H23NO3/c1-17(2,3)21-13-16(20)18-12-15-9-7-14(8-10-15)6-4-5-11-19/h7-10,19H,5,11-13H2,1-3H3,(H,18,20). The number of aliphatic hydroxyl groups excluding tert-OH is 1. The highest BCUT2D eigenvalue weighted by Gasteiger charge is 2.12. The molecule has 2 N–H and O–H groups in total. The van der Waals surface area contributed by atoms with E-state index in [0.717, 1.165) is 11.1 Å². The molecule has 0 spiro atoms. The van der Waals surface area contributed by atoms with Gasteiger partial charge in [-0.2, -0.15) is 0 Å². The lowest BCUT2D eigenvalue weighted by molar-refractivity contribution is -0.130. The van der Waals surface area contributed by atoms with Crippen molar-refractivity contribution >= 4 is 5.91 Å². The van der Waals surface area contributed by atoms with Crippen LogP contribution in [-0.4, -0.2) is 29.8 Å². The van der Waals surface area contributed by atoms with Gasteiger partial charge in [0.05, 0.1) is 12.2 Å². The third-order valence-corrected chi connectivity index (χ3v) is 2.55. The Kier molecular flexibility index (Phi) is 6.93. The van der Waals surface area contributed by atoms with Gasteiger partial charge in [0.25, 0.3) is 0 Å². The van der Waals surface area contributed by atoms with Crippen molar-refractivity contribution in [2.45, 2.75) is 39.3 Å². The lowest BCUT2D eigenvalue weighted by Crippen LogP contribution is -2.31. The molecule has 0 heterocycles. The smallest absolute Gasteiger partial charge is 0.246 e. The minimum absolute atomic E-state index is 0.0637. The zero-order chi connectivity index (χ0) is 15.7. The molecule has 0 atom stereocenters. The van der Waals surface area contributed by atoms with Crippen molar-refractivity contribution in [3.8, 4) is 11.8 Å². The summed E-state index contributed by atoms with van der Waals surface area (Å²) in [5, 5.41) is 11.5. The van der Waals surface area contributed by atoms with Crippen LogP contribution in [-0.2, 0) is 16.1 Å². The number of ether oxygens (including phenoxy) is 1. The van der Waals surface area contributed by atoms with Gasteiger partial charge in [-0.15, -0.1) is 0 Å². The molecule has 1 aromatic carbocycles. The van der Waals surface area contributed by atoms with Crippen molar-refractivity contribution in [1.82, 2.24) is 5.32 Å². The fourth-order valence-corrected chi connectivity index (χ4v) is 1.46. The predicted molar refractivity (Wildman–Crippen MR) is 82.6 cm³/mol. The van der Waals surface area contributed by atoms with Gasteiger partial charge in [0.15, 0.2) is 0 Å². The van der Waals surface area contributed by atoms with Gasteiger partial charge in [-0.3, -0.25) is 4.79 Å². The van der Waals surface area contributed by atoms with Crippen molar-refractivity contribution in [2.24, 2.45) is 0 Å². The Balaban J connectivity index is 2.39. The SMILES string of the molecule is CC(C)(C)OCC(=O)NCc1ccc(C#CCCO)cc1. The van der Waals surface area contributed by atoms with Crippen molar-refractivity contribution in [2.75, 3.05) is 13.2 Å². The zero-order valence-electron chi connectivity index (χ0n) is 12.9. The third-order valence-electron chi connectivity index (χ3n) is 2.55. The highest BCUT2D eigenvalue weighted by molar-refractivity contribution is 5.77. The first-order chi connectivity index (χ1) is 9.90. The van der Waals surface area contributed by atoms with Gasteiger partial charge < -0.3 is 15.2 Å². The number of hydrogen-bond donors (Lipinski definition) is 2. The van der Waals surface area contributed by atoms with Crippen molar-refractivity contribution in [1.29, 1.82) is 0 Å². The topological polar surface area (TPSA) is 58.6 Å². The van der Waals surface area contributed by atoms with Crippen molar-refractivity contribution < 1.29 is 14.6 Å². The van der Waals surface area contributed by atoms with E-state index in [1.807, 2.05) is 45.0 Å². The Hall–Kier alpha value is -1.83. The maximum Gasteiger partial charge on any atom is 0.246 e. The van der Waals surface area contributed by atoms with E-state index in [9.17, 15) is 4.79 Å². The van der Waals surface area contributed by atoms with Gasteiger partial charge in [-0.05, 0) is 38.5 Å². The highest BCUT2D eigenvalue weighted by atomic mass is 16.5. The Morgan fingerprint density at radius 3 is 2.52 bits per heavy atom. The van der Waals surface area contributed by atoms with E-state index >= 15 is 0 Å². The van der Waals surface area contributed by atoms with E-state index in [1.165, 1.54) is 0 Å². The Bertz CT molecular complexity index is 504. The minimum atomic E-state index is -0.313. The summed E-state index contributed by atoms with van der Waals surface area (Å²) in [6.45, 7) is 6.35. The second-order valence-electron chi connectivity index (χ2n) is 5.65. The molecule has 0 saturated carbocycles. The van der Waals surface area contributed by atoms with Gasteiger partial charge in [-0.25, -0.2) is 0 Å². The largest absolute Gasteiger partial charge is 0.395 e. The minimum Gasteiger partial charge on any atom is -0.395 e. The van der Waals surface area contributed by atoms with Crippen LogP contribution < -0.4 is 5.32 Å². The first kappa shape index (κ1) is 17.2. The van der Waals surface area contributed by atoms with Crippen molar-refractivity contribution in [3.05, 3.63) is 35.4 Å². The molecule has 4 heteroatoms. The summed E-state index contributed by atoms with van der Waals surface area (Å²) in [4.78, 5) is 11.6. The summed E-state index contributed by atoms with van der Waals surface area (Å²) in [6.07, 6.45) is 0.478. The number of hydrogen-bond acceptors (Lipinski definition) is 3. The van der Waals surface area contributed by atoms with Crippen LogP contribution in [0.4, 0.5) is 0 Å². The van der Waals surface area contributed by atoms with Gasteiger partial charge in [0.1, 0.15) is 6.61 Å². The molecule has 1 aromatic rings.